The van der Waals surface area contributed by atoms with Gasteiger partial charge in [-0.2, -0.15) is 0 Å². The number of aliphatic hydroxyl groups excluding tert-OH is 1. The van der Waals surface area contributed by atoms with Crippen molar-refractivity contribution in [1.29, 1.82) is 0 Å². The summed E-state index contributed by atoms with van der Waals surface area (Å²) in [6, 6.07) is 3.59. The average Bonchev–Trinajstić information content (AvgIpc) is 2.75. The third-order valence-corrected chi connectivity index (χ3v) is 6.12. The number of hydrogen-bond donors (Lipinski definition) is 2. The summed E-state index contributed by atoms with van der Waals surface area (Å²) < 4.78 is 6.09. The Morgan fingerprint density at radius 1 is 1.39 bits per heavy atom. The van der Waals surface area contributed by atoms with E-state index in [0.29, 0.717) is 33.5 Å². The molecule has 1 heterocycles. The van der Waals surface area contributed by atoms with Crippen molar-refractivity contribution < 1.29 is 14.6 Å². The van der Waals surface area contributed by atoms with Gasteiger partial charge in [0.05, 0.1) is 22.2 Å². The Balaban J connectivity index is 2.02. The fraction of sp³-hybridized carbons (Fsp3) is 0.471. The molecule has 1 aromatic carbocycles. The van der Waals surface area contributed by atoms with E-state index < -0.39 is 5.54 Å². The molecule has 2 aliphatic rings. The van der Waals surface area contributed by atoms with Crippen LogP contribution in [0.1, 0.15) is 36.8 Å². The molecule has 4 nitrogen and oxygen atoms in total. The lowest BCUT2D eigenvalue weighted by Crippen LogP contribution is -2.48. The van der Waals surface area contributed by atoms with Crippen LogP contribution in [0, 0.1) is 6.92 Å². The predicted molar refractivity (Wildman–Crippen MR) is 93.6 cm³/mol. The SMILES string of the molecule is CO[C@H]1CC[C@@]2(CC1)NC(=O)C(c1cc(Br)c(Cl)cc1C)=C2O. The molecule has 0 radical (unpaired) electrons. The Bertz CT molecular complexity index is 693. The van der Waals surface area contributed by atoms with Crippen LogP contribution in [0.25, 0.3) is 5.57 Å². The first-order chi connectivity index (χ1) is 10.9. The quantitative estimate of drug-likeness (QED) is 0.784. The molecule has 0 atom stereocenters. The first-order valence-corrected chi connectivity index (χ1v) is 8.80. The molecule has 1 fully saturated rings. The third-order valence-electron chi connectivity index (χ3n) is 4.93. The number of benzene rings is 1. The Morgan fingerprint density at radius 3 is 2.65 bits per heavy atom. The van der Waals surface area contributed by atoms with Gasteiger partial charge in [0.1, 0.15) is 5.76 Å². The number of aryl methyl sites for hydroxylation is 1. The molecule has 3 rings (SSSR count). The summed E-state index contributed by atoms with van der Waals surface area (Å²) in [6.45, 7) is 1.88. The van der Waals surface area contributed by atoms with Crippen molar-refractivity contribution in [2.75, 3.05) is 7.11 Å². The predicted octanol–water partition coefficient (Wildman–Crippen LogP) is 4.14. The van der Waals surface area contributed by atoms with E-state index in [-0.39, 0.29) is 17.8 Å². The topological polar surface area (TPSA) is 58.6 Å². The van der Waals surface area contributed by atoms with Gasteiger partial charge in [0.15, 0.2) is 0 Å². The normalized spacial score (nSPS) is 27.7. The molecule has 1 amide bonds. The zero-order valence-corrected chi connectivity index (χ0v) is 15.4. The first-order valence-electron chi connectivity index (χ1n) is 7.63. The molecule has 23 heavy (non-hydrogen) atoms. The molecule has 2 N–H and O–H groups in total. The van der Waals surface area contributed by atoms with E-state index in [1.165, 1.54) is 0 Å². The fourth-order valence-electron chi connectivity index (χ4n) is 3.53. The molecule has 1 spiro atoms. The Morgan fingerprint density at radius 2 is 2.04 bits per heavy atom. The number of carbonyl (C=O) groups is 1. The summed E-state index contributed by atoms with van der Waals surface area (Å²) in [5.74, 6) is -0.0786. The molecule has 1 saturated carbocycles. The number of halogens is 2. The molecule has 1 aliphatic carbocycles. The second-order valence-corrected chi connectivity index (χ2v) is 7.54. The monoisotopic (exact) mass is 399 g/mol. The van der Waals surface area contributed by atoms with E-state index in [0.717, 1.165) is 18.4 Å². The van der Waals surface area contributed by atoms with E-state index in [1.807, 2.05) is 6.92 Å². The Kier molecular flexibility index (Phi) is 4.47. The van der Waals surface area contributed by atoms with Crippen molar-refractivity contribution in [3.05, 3.63) is 38.5 Å². The van der Waals surface area contributed by atoms with Crippen molar-refractivity contribution in [1.82, 2.24) is 5.32 Å². The van der Waals surface area contributed by atoms with Gasteiger partial charge in [0.2, 0.25) is 0 Å². The van der Waals surface area contributed by atoms with Gasteiger partial charge in [0, 0.05) is 11.6 Å². The number of ether oxygens (including phenoxy) is 1. The maximum absolute atomic E-state index is 12.5. The van der Waals surface area contributed by atoms with Crippen LogP contribution in [0.3, 0.4) is 0 Å². The highest BCUT2D eigenvalue weighted by atomic mass is 79.9. The Hall–Kier alpha value is -1.04. The van der Waals surface area contributed by atoms with E-state index >= 15 is 0 Å². The molecular formula is C17H19BrClNO3. The van der Waals surface area contributed by atoms with Gasteiger partial charge in [0.25, 0.3) is 5.91 Å². The van der Waals surface area contributed by atoms with Crippen LogP contribution in [-0.4, -0.2) is 29.8 Å². The molecule has 1 aliphatic heterocycles. The molecule has 0 saturated heterocycles. The van der Waals surface area contributed by atoms with Crippen molar-refractivity contribution in [2.45, 2.75) is 44.2 Å². The van der Waals surface area contributed by atoms with Crippen molar-refractivity contribution in [3.63, 3.8) is 0 Å². The number of hydrogen-bond acceptors (Lipinski definition) is 3. The lowest BCUT2D eigenvalue weighted by molar-refractivity contribution is -0.116. The van der Waals surface area contributed by atoms with Gasteiger partial charge in [-0.15, -0.1) is 0 Å². The maximum atomic E-state index is 12.5. The highest BCUT2D eigenvalue weighted by Crippen LogP contribution is 2.43. The smallest absolute Gasteiger partial charge is 0.256 e. The number of carbonyl (C=O) groups excluding carboxylic acids is 1. The third kappa shape index (κ3) is 2.79. The molecule has 6 heteroatoms. The zero-order chi connectivity index (χ0) is 16.8. The fourth-order valence-corrected chi connectivity index (χ4v) is 4.09. The Labute approximate surface area is 149 Å². The molecule has 124 valence electrons. The van der Waals surface area contributed by atoms with Crippen molar-refractivity contribution >= 4 is 39.0 Å². The van der Waals surface area contributed by atoms with Crippen LogP contribution in [-0.2, 0) is 9.53 Å². The van der Waals surface area contributed by atoms with Crippen molar-refractivity contribution in [3.8, 4) is 0 Å². The van der Waals surface area contributed by atoms with E-state index in [4.69, 9.17) is 16.3 Å². The lowest BCUT2D eigenvalue weighted by Gasteiger charge is -2.36. The molecule has 0 bridgehead atoms. The molecular weight excluding hydrogens is 382 g/mol. The highest BCUT2D eigenvalue weighted by molar-refractivity contribution is 9.10. The average molecular weight is 401 g/mol. The standard InChI is InChI=1S/C17H19BrClNO3/c1-9-7-13(19)12(18)8-11(9)14-15(21)17(20-16(14)22)5-3-10(23-2)4-6-17/h7-8,10,21H,3-6H2,1-2H3,(H,20,22)/t10-,17-. The van der Waals surface area contributed by atoms with Gasteiger partial charge < -0.3 is 15.2 Å². The summed E-state index contributed by atoms with van der Waals surface area (Å²) in [7, 11) is 1.70. The zero-order valence-electron chi connectivity index (χ0n) is 13.1. The van der Waals surface area contributed by atoms with Crippen LogP contribution in [0.15, 0.2) is 22.4 Å². The number of nitrogens with one attached hydrogen (secondary N) is 1. The number of aliphatic hydroxyl groups is 1. The largest absolute Gasteiger partial charge is 0.509 e. The molecule has 0 aromatic heterocycles. The van der Waals surface area contributed by atoms with Gasteiger partial charge >= 0.3 is 0 Å². The number of methoxy groups -OCH3 is 1. The number of rotatable bonds is 2. The van der Waals surface area contributed by atoms with Gasteiger partial charge in [-0.05, 0) is 71.8 Å². The minimum absolute atomic E-state index is 0.148. The molecule has 0 unspecified atom stereocenters. The van der Waals surface area contributed by atoms with Crippen LogP contribution < -0.4 is 5.32 Å². The summed E-state index contributed by atoms with van der Waals surface area (Å²) in [5, 5.41) is 14.4. The van der Waals surface area contributed by atoms with Crippen LogP contribution in [0.4, 0.5) is 0 Å². The molecule has 1 aromatic rings. The minimum Gasteiger partial charge on any atom is -0.509 e. The lowest BCUT2D eigenvalue weighted by atomic mass is 9.79. The van der Waals surface area contributed by atoms with E-state index in [2.05, 4.69) is 21.2 Å². The maximum Gasteiger partial charge on any atom is 0.256 e. The summed E-state index contributed by atoms with van der Waals surface area (Å²) in [5.41, 5.74) is 1.27. The highest BCUT2D eigenvalue weighted by Gasteiger charge is 2.48. The van der Waals surface area contributed by atoms with E-state index in [9.17, 15) is 9.90 Å². The van der Waals surface area contributed by atoms with Crippen molar-refractivity contribution in [2.24, 2.45) is 0 Å². The number of amides is 1. The summed E-state index contributed by atoms with van der Waals surface area (Å²) in [6.07, 6.45) is 3.19. The van der Waals surface area contributed by atoms with Gasteiger partial charge in [-0.3, -0.25) is 4.79 Å². The first kappa shape index (κ1) is 16.8. The van der Waals surface area contributed by atoms with Crippen LogP contribution in [0.5, 0.6) is 0 Å². The second-order valence-electron chi connectivity index (χ2n) is 6.28. The summed E-state index contributed by atoms with van der Waals surface area (Å²) in [4.78, 5) is 12.5. The van der Waals surface area contributed by atoms with Crippen LogP contribution >= 0.6 is 27.5 Å². The van der Waals surface area contributed by atoms with Crippen LogP contribution in [0.2, 0.25) is 5.02 Å². The minimum atomic E-state index is -0.653. The summed E-state index contributed by atoms with van der Waals surface area (Å²) >= 11 is 9.49. The second kappa shape index (κ2) is 6.11. The van der Waals surface area contributed by atoms with Gasteiger partial charge in [-0.25, -0.2) is 0 Å². The van der Waals surface area contributed by atoms with Gasteiger partial charge in [-0.1, -0.05) is 11.6 Å². The van der Waals surface area contributed by atoms with E-state index in [1.54, 1.807) is 19.2 Å².